The summed E-state index contributed by atoms with van der Waals surface area (Å²) in [5.41, 5.74) is 2.30. The van der Waals surface area contributed by atoms with E-state index in [-0.39, 0.29) is 34.7 Å². The van der Waals surface area contributed by atoms with Gasteiger partial charge < -0.3 is 10.1 Å². The number of halogens is 1. The molecule has 174 valence electrons. The van der Waals surface area contributed by atoms with Gasteiger partial charge in [0, 0.05) is 35.3 Å². The minimum absolute atomic E-state index is 0.0194. The first kappa shape index (κ1) is 21.8. The summed E-state index contributed by atoms with van der Waals surface area (Å²) >= 11 is 0. The number of anilines is 2. The summed E-state index contributed by atoms with van der Waals surface area (Å²) in [5.74, 6) is 0.998. The Morgan fingerprint density at radius 3 is 2.91 bits per heavy atom. The van der Waals surface area contributed by atoms with Gasteiger partial charge in [0.05, 0.1) is 16.8 Å². The highest BCUT2D eigenvalue weighted by Crippen LogP contribution is 2.38. The maximum Gasteiger partial charge on any atom is 0.241 e. The van der Waals surface area contributed by atoms with Crippen molar-refractivity contribution in [3.05, 3.63) is 53.1 Å². The van der Waals surface area contributed by atoms with Gasteiger partial charge in [-0.3, -0.25) is 5.10 Å². The van der Waals surface area contributed by atoms with Crippen LogP contribution in [0.1, 0.15) is 61.8 Å². The van der Waals surface area contributed by atoms with Crippen LogP contribution < -0.4 is 14.8 Å². The predicted octanol–water partition coefficient (Wildman–Crippen LogP) is 3.71. The van der Waals surface area contributed by atoms with Crippen LogP contribution in [-0.2, 0) is 16.6 Å². The number of nitrogens with one attached hydrogen (secondary N) is 3. The van der Waals surface area contributed by atoms with E-state index in [2.05, 4.69) is 44.3 Å². The fourth-order valence-corrected chi connectivity index (χ4v) is 5.68. The van der Waals surface area contributed by atoms with E-state index in [0.717, 1.165) is 30.5 Å². The van der Waals surface area contributed by atoms with E-state index in [1.54, 1.807) is 6.20 Å². The molecule has 1 saturated carbocycles. The van der Waals surface area contributed by atoms with Crippen LogP contribution in [0, 0.1) is 5.82 Å². The van der Waals surface area contributed by atoms with Crippen molar-refractivity contribution in [1.82, 2.24) is 25.1 Å². The lowest BCUT2D eigenvalue weighted by Gasteiger charge is -2.16. The SMILES string of the molecule is CC(C)c1ccnnc1O[C@@H]1CC[C@H](c2cc(Nc3ccc4c(c3F)CNS4(=O)=O)n[nH]2)C1. The summed E-state index contributed by atoms with van der Waals surface area (Å²) in [5, 5.41) is 18.4. The lowest BCUT2D eigenvalue weighted by molar-refractivity contribution is 0.194. The summed E-state index contributed by atoms with van der Waals surface area (Å²) in [6.45, 7) is 4.14. The Morgan fingerprint density at radius 1 is 1.24 bits per heavy atom. The maximum absolute atomic E-state index is 14.8. The molecule has 5 rings (SSSR count). The van der Waals surface area contributed by atoms with Crippen LogP contribution in [0.2, 0.25) is 0 Å². The maximum atomic E-state index is 14.8. The molecule has 1 aliphatic heterocycles. The third-order valence-corrected chi connectivity index (χ3v) is 7.72. The largest absolute Gasteiger partial charge is 0.473 e. The number of hydrogen-bond acceptors (Lipinski definition) is 7. The first-order valence-corrected chi connectivity index (χ1v) is 12.4. The molecular formula is C22H25FN6O3S. The second-order valence-electron chi connectivity index (χ2n) is 8.76. The molecule has 11 heteroatoms. The number of H-pyrrole nitrogens is 1. The summed E-state index contributed by atoms with van der Waals surface area (Å²) in [7, 11) is -3.62. The van der Waals surface area contributed by atoms with E-state index in [0.29, 0.717) is 17.6 Å². The zero-order valence-electron chi connectivity index (χ0n) is 18.3. The van der Waals surface area contributed by atoms with Gasteiger partial charge >= 0.3 is 0 Å². The molecule has 2 aromatic heterocycles. The van der Waals surface area contributed by atoms with Crippen molar-refractivity contribution in [1.29, 1.82) is 0 Å². The van der Waals surface area contributed by atoms with Gasteiger partial charge in [0.15, 0.2) is 11.6 Å². The van der Waals surface area contributed by atoms with Crippen LogP contribution >= 0.6 is 0 Å². The topological polar surface area (TPSA) is 122 Å². The van der Waals surface area contributed by atoms with Crippen molar-refractivity contribution < 1.29 is 17.5 Å². The van der Waals surface area contributed by atoms with Gasteiger partial charge in [-0.05, 0) is 43.4 Å². The molecule has 0 spiro atoms. The number of nitrogens with zero attached hydrogens (tertiary/aromatic N) is 3. The fourth-order valence-electron chi connectivity index (χ4n) is 4.46. The molecule has 9 nitrogen and oxygen atoms in total. The molecule has 0 amide bonds. The van der Waals surface area contributed by atoms with Crippen molar-refractivity contribution in [2.24, 2.45) is 0 Å². The average molecular weight is 473 g/mol. The minimum Gasteiger partial charge on any atom is -0.473 e. The first-order chi connectivity index (χ1) is 15.8. The highest BCUT2D eigenvalue weighted by molar-refractivity contribution is 7.89. The second-order valence-corrected chi connectivity index (χ2v) is 10.5. The van der Waals surface area contributed by atoms with E-state index in [1.807, 2.05) is 12.1 Å². The quantitative estimate of drug-likeness (QED) is 0.500. The monoisotopic (exact) mass is 472 g/mol. The molecule has 3 aromatic rings. The van der Waals surface area contributed by atoms with Crippen LogP contribution in [-0.4, -0.2) is 34.9 Å². The third kappa shape index (κ3) is 4.18. The Bertz CT molecular complexity index is 1290. The summed E-state index contributed by atoms with van der Waals surface area (Å²) in [6.07, 6.45) is 4.35. The molecule has 0 bridgehead atoms. The summed E-state index contributed by atoms with van der Waals surface area (Å²) in [6, 6.07) is 6.62. The van der Waals surface area contributed by atoms with Crippen molar-refractivity contribution in [3.63, 3.8) is 0 Å². The van der Waals surface area contributed by atoms with E-state index in [9.17, 15) is 12.8 Å². The number of ether oxygens (including phenoxy) is 1. The van der Waals surface area contributed by atoms with Gasteiger partial charge in [0.25, 0.3) is 0 Å². The molecular weight excluding hydrogens is 447 g/mol. The summed E-state index contributed by atoms with van der Waals surface area (Å²) < 4.78 is 47.1. The van der Waals surface area contributed by atoms with E-state index in [1.165, 1.54) is 12.1 Å². The van der Waals surface area contributed by atoms with E-state index in [4.69, 9.17) is 4.74 Å². The molecule has 3 N–H and O–H groups in total. The highest BCUT2D eigenvalue weighted by atomic mass is 32.2. The summed E-state index contributed by atoms with van der Waals surface area (Å²) in [4.78, 5) is -0.0194. The van der Waals surface area contributed by atoms with Gasteiger partial charge in [-0.25, -0.2) is 17.5 Å². The van der Waals surface area contributed by atoms with Crippen LogP contribution in [0.25, 0.3) is 0 Å². The molecule has 0 saturated heterocycles. The van der Waals surface area contributed by atoms with Crippen molar-refractivity contribution in [3.8, 4) is 5.88 Å². The Balaban J connectivity index is 1.26. The van der Waals surface area contributed by atoms with Crippen molar-refractivity contribution in [2.75, 3.05) is 5.32 Å². The predicted molar refractivity (Wildman–Crippen MR) is 119 cm³/mol. The fraction of sp³-hybridized carbons (Fsp3) is 0.409. The van der Waals surface area contributed by atoms with Crippen molar-refractivity contribution >= 4 is 21.5 Å². The average Bonchev–Trinajstić information content (AvgIpc) is 3.50. The van der Waals surface area contributed by atoms with Crippen LogP contribution in [0.15, 0.2) is 35.4 Å². The molecule has 2 aliphatic rings. The third-order valence-electron chi connectivity index (χ3n) is 6.23. The molecule has 33 heavy (non-hydrogen) atoms. The smallest absolute Gasteiger partial charge is 0.241 e. The number of rotatable bonds is 6. The first-order valence-electron chi connectivity index (χ1n) is 10.9. The number of sulfonamides is 1. The van der Waals surface area contributed by atoms with Gasteiger partial charge in [0.1, 0.15) is 6.10 Å². The van der Waals surface area contributed by atoms with Crippen molar-refractivity contribution in [2.45, 2.75) is 62.5 Å². The van der Waals surface area contributed by atoms with Crippen LogP contribution in [0.3, 0.4) is 0 Å². The number of hydrogen-bond donors (Lipinski definition) is 3. The lowest BCUT2D eigenvalue weighted by atomic mass is 10.0. The second kappa shape index (κ2) is 8.38. The molecule has 0 radical (unpaired) electrons. The lowest BCUT2D eigenvalue weighted by Crippen LogP contribution is -2.15. The molecule has 1 aliphatic carbocycles. The molecule has 1 fully saturated rings. The minimum atomic E-state index is -3.62. The zero-order chi connectivity index (χ0) is 23.2. The van der Waals surface area contributed by atoms with E-state index >= 15 is 0 Å². The van der Waals surface area contributed by atoms with Gasteiger partial charge in [-0.1, -0.05) is 13.8 Å². The molecule has 3 heterocycles. The van der Waals surface area contributed by atoms with Crippen LogP contribution in [0.5, 0.6) is 5.88 Å². The van der Waals surface area contributed by atoms with Gasteiger partial charge in [-0.15, -0.1) is 5.10 Å². The van der Waals surface area contributed by atoms with E-state index < -0.39 is 15.8 Å². The Hall–Kier alpha value is -3.05. The van der Waals surface area contributed by atoms with Crippen LogP contribution in [0.4, 0.5) is 15.9 Å². The highest BCUT2D eigenvalue weighted by Gasteiger charge is 2.31. The normalized spacial score (nSPS) is 21.3. The zero-order valence-corrected chi connectivity index (χ0v) is 19.1. The number of aromatic nitrogens is 4. The Kier molecular flexibility index (Phi) is 5.53. The Labute approximate surface area is 191 Å². The van der Waals surface area contributed by atoms with Gasteiger partial charge in [-0.2, -0.15) is 10.2 Å². The Morgan fingerprint density at radius 2 is 2.09 bits per heavy atom. The number of benzene rings is 1. The van der Waals surface area contributed by atoms with Gasteiger partial charge in [0.2, 0.25) is 15.9 Å². The number of aromatic amines is 1. The molecule has 2 atom stereocenters. The molecule has 1 aromatic carbocycles. The molecule has 0 unspecified atom stereocenters. The number of fused-ring (bicyclic) bond motifs is 1. The standard InChI is InChI=1S/C22H25FN6O3S/c1-12(2)15-7-8-24-29-22(15)32-14-4-3-13(9-14)18-10-20(28-27-18)26-17-5-6-19-16(21(17)23)11-25-33(19,30)31/h5-8,10,12-14,25H,3-4,9,11H2,1-2H3,(H2,26,27,28)/t13-,14+/m0/s1.